The summed E-state index contributed by atoms with van der Waals surface area (Å²) in [5.41, 5.74) is 0.0594. The number of benzene rings is 1. The van der Waals surface area contributed by atoms with E-state index in [-0.39, 0.29) is 35.7 Å². The first-order valence-corrected chi connectivity index (χ1v) is 10.6. The molecular formula is C22H31F2IN6. The van der Waals surface area contributed by atoms with Crippen LogP contribution in [0.1, 0.15) is 26.2 Å². The Balaban J connectivity index is 0.00000341. The molecule has 1 aromatic heterocycles. The highest BCUT2D eigenvalue weighted by Crippen LogP contribution is 2.26. The lowest BCUT2D eigenvalue weighted by atomic mass is 10.2. The van der Waals surface area contributed by atoms with Gasteiger partial charge in [-0.1, -0.05) is 12.1 Å². The fraction of sp³-hybridized carbons (Fsp3) is 0.455. The molecule has 0 bridgehead atoms. The second-order valence-corrected chi connectivity index (χ2v) is 7.26. The van der Waals surface area contributed by atoms with Gasteiger partial charge in [0, 0.05) is 45.0 Å². The molecule has 1 unspecified atom stereocenters. The van der Waals surface area contributed by atoms with E-state index in [0.717, 1.165) is 44.1 Å². The minimum absolute atomic E-state index is 0. The van der Waals surface area contributed by atoms with Crippen LogP contribution in [0, 0.1) is 11.6 Å². The molecular weight excluding hydrogens is 513 g/mol. The van der Waals surface area contributed by atoms with Crippen molar-refractivity contribution in [3.05, 3.63) is 54.2 Å². The molecule has 0 saturated carbocycles. The molecule has 3 N–H and O–H groups in total. The van der Waals surface area contributed by atoms with Gasteiger partial charge in [0.05, 0.1) is 0 Å². The number of guanidine groups is 1. The first-order chi connectivity index (χ1) is 14.7. The van der Waals surface area contributed by atoms with E-state index >= 15 is 0 Å². The van der Waals surface area contributed by atoms with E-state index in [1.807, 2.05) is 25.1 Å². The summed E-state index contributed by atoms with van der Waals surface area (Å²) in [6.45, 7) is 5.47. The number of hydrogen-bond acceptors (Lipinski definition) is 4. The highest BCUT2D eigenvalue weighted by atomic mass is 127. The zero-order valence-electron chi connectivity index (χ0n) is 17.8. The van der Waals surface area contributed by atoms with E-state index in [4.69, 9.17) is 0 Å². The van der Waals surface area contributed by atoms with Crippen molar-refractivity contribution in [2.75, 3.05) is 42.9 Å². The molecule has 170 valence electrons. The molecule has 1 fully saturated rings. The lowest BCUT2D eigenvalue weighted by molar-refractivity contribution is 0.576. The molecule has 0 amide bonds. The van der Waals surface area contributed by atoms with Gasteiger partial charge >= 0.3 is 0 Å². The minimum atomic E-state index is -0.518. The Bertz CT molecular complexity index is 801. The molecule has 6 nitrogen and oxygen atoms in total. The third-order valence-electron chi connectivity index (χ3n) is 4.95. The number of rotatable bonds is 9. The Labute approximate surface area is 199 Å². The van der Waals surface area contributed by atoms with Crippen LogP contribution in [0.25, 0.3) is 0 Å². The quantitative estimate of drug-likeness (QED) is 0.193. The van der Waals surface area contributed by atoms with E-state index in [1.165, 1.54) is 18.2 Å². The van der Waals surface area contributed by atoms with E-state index in [2.05, 4.69) is 25.9 Å². The van der Waals surface area contributed by atoms with E-state index in [9.17, 15) is 8.78 Å². The summed E-state index contributed by atoms with van der Waals surface area (Å²) in [5, 5.41) is 9.94. The Morgan fingerprint density at radius 2 is 1.97 bits per heavy atom. The molecule has 2 heterocycles. The van der Waals surface area contributed by atoms with Crippen LogP contribution in [0.4, 0.5) is 20.3 Å². The van der Waals surface area contributed by atoms with Gasteiger partial charge in [-0.15, -0.1) is 24.0 Å². The predicted molar refractivity (Wildman–Crippen MR) is 133 cm³/mol. The molecule has 1 saturated heterocycles. The van der Waals surface area contributed by atoms with Gasteiger partial charge in [0.25, 0.3) is 0 Å². The number of aromatic nitrogens is 1. The van der Waals surface area contributed by atoms with Crippen LogP contribution in [0.15, 0.2) is 47.6 Å². The third-order valence-corrected chi connectivity index (χ3v) is 4.95. The number of aliphatic imine (C=N–C) groups is 1. The van der Waals surface area contributed by atoms with E-state index in [1.54, 1.807) is 11.1 Å². The normalized spacial score (nSPS) is 16.0. The summed E-state index contributed by atoms with van der Waals surface area (Å²) in [6, 6.07) is 9.88. The summed E-state index contributed by atoms with van der Waals surface area (Å²) in [6.07, 6.45) is 4.51. The van der Waals surface area contributed by atoms with Crippen LogP contribution >= 0.6 is 24.0 Å². The maximum absolute atomic E-state index is 14.0. The average Bonchev–Trinajstić information content (AvgIpc) is 3.19. The highest BCUT2D eigenvalue weighted by Gasteiger charge is 2.27. The van der Waals surface area contributed by atoms with Gasteiger partial charge in [0.1, 0.15) is 23.1 Å². The SMILES string of the molecule is CCNC(=NCCCCNc1ccccn1)NC1CCN(c2c(F)cccc2F)C1.I. The topological polar surface area (TPSA) is 64.6 Å². The summed E-state index contributed by atoms with van der Waals surface area (Å²) < 4.78 is 28.1. The Morgan fingerprint density at radius 1 is 1.16 bits per heavy atom. The summed E-state index contributed by atoms with van der Waals surface area (Å²) >= 11 is 0. The molecule has 0 radical (unpaired) electrons. The van der Waals surface area contributed by atoms with Crippen LogP contribution in [-0.4, -0.2) is 49.7 Å². The maximum Gasteiger partial charge on any atom is 0.191 e. The second kappa shape index (κ2) is 13.3. The van der Waals surface area contributed by atoms with Crippen LogP contribution in [0.5, 0.6) is 0 Å². The first-order valence-electron chi connectivity index (χ1n) is 10.6. The van der Waals surface area contributed by atoms with Crippen LogP contribution in [-0.2, 0) is 0 Å². The fourth-order valence-electron chi connectivity index (χ4n) is 3.50. The van der Waals surface area contributed by atoms with Gasteiger partial charge in [-0.3, -0.25) is 4.99 Å². The molecule has 2 aromatic rings. The molecule has 3 rings (SSSR count). The average molecular weight is 544 g/mol. The number of halogens is 3. The monoisotopic (exact) mass is 544 g/mol. The van der Waals surface area contributed by atoms with Crippen molar-refractivity contribution in [3.8, 4) is 0 Å². The van der Waals surface area contributed by atoms with Gasteiger partial charge in [0.2, 0.25) is 0 Å². The Kier molecular flexibility index (Phi) is 10.8. The van der Waals surface area contributed by atoms with Gasteiger partial charge in [-0.05, 0) is 50.5 Å². The number of unbranched alkanes of at least 4 members (excludes halogenated alkanes) is 1. The molecule has 1 aromatic carbocycles. The van der Waals surface area contributed by atoms with Crippen molar-refractivity contribution in [1.29, 1.82) is 0 Å². The molecule has 9 heteroatoms. The van der Waals surface area contributed by atoms with Crippen LogP contribution < -0.4 is 20.9 Å². The fourth-order valence-corrected chi connectivity index (χ4v) is 3.50. The summed E-state index contributed by atoms with van der Waals surface area (Å²) in [4.78, 5) is 10.6. The van der Waals surface area contributed by atoms with Crippen LogP contribution in [0.2, 0.25) is 0 Å². The second-order valence-electron chi connectivity index (χ2n) is 7.26. The Hall–Kier alpha value is -2.17. The van der Waals surface area contributed by atoms with Crippen molar-refractivity contribution < 1.29 is 8.78 Å². The predicted octanol–water partition coefficient (Wildman–Crippen LogP) is 4.00. The molecule has 1 aliphatic heterocycles. The lowest BCUT2D eigenvalue weighted by Gasteiger charge is -2.21. The lowest BCUT2D eigenvalue weighted by Crippen LogP contribution is -2.44. The largest absolute Gasteiger partial charge is 0.370 e. The first kappa shape index (κ1) is 25.1. The number of anilines is 2. The van der Waals surface area contributed by atoms with Gasteiger partial charge in [0.15, 0.2) is 5.96 Å². The number of nitrogens with zero attached hydrogens (tertiary/aromatic N) is 3. The van der Waals surface area contributed by atoms with E-state index in [0.29, 0.717) is 19.6 Å². The standard InChI is InChI=1S/C22H30F2N6.HI/c1-2-25-22(28-14-6-5-13-27-20-10-3-4-12-26-20)29-17-11-15-30(16-17)21-18(23)8-7-9-19(21)24;/h3-4,7-10,12,17H,2,5-6,11,13-16H2,1H3,(H,26,27)(H2,25,28,29);1H. The molecule has 1 aliphatic rings. The van der Waals surface area contributed by atoms with Gasteiger partial charge in [-0.2, -0.15) is 0 Å². The zero-order chi connectivity index (χ0) is 21.2. The molecule has 1 atom stereocenters. The van der Waals surface area contributed by atoms with Crippen LogP contribution in [0.3, 0.4) is 0 Å². The summed E-state index contributed by atoms with van der Waals surface area (Å²) in [7, 11) is 0. The zero-order valence-corrected chi connectivity index (χ0v) is 20.1. The van der Waals surface area contributed by atoms with Gasteiger partial charge < -0.3 is 20.9 Å². The molecule has 0 aliphatic carbocycles. The van der Waals surface area contributed by atoms with Gasteiger partial charge in [-0.25, -0.2) is 13.8 Å². The Morgan fingerprint density at radius 3 is 2.68 bits per heavy atom. The molecule has 31 heavy (non-hydrogen) atoms. The molecule has 0 spiro atoms. The smallest absolute Gasteiger partial charge is 0.191 e. The van der Waals surface area contributed by atoms with Crippen molar-refractivity contribution in [2.45, 2.75) is 32.2 Å². The maximum atomic E-state index is 14.0. The van der Waals surface area contributed by atoms with Crippen molar-refractivity contribution in [3.63, 3.8) is 0 Å². The number of nitrogens with one attached hydrogen (secondary N) is 3. The minimum Gasteiger partial charge on any atom is -0.370 e. The van der Waals surface area contributed by atoms with Crippen molar-refractivity contribution in [1.82, 2.24) is 15.6 Å². The number of hydrogen-bond donors (Lipinski definition) is 3. The van der Waals surface area contributed by atoms with Crippen molar-refractivity contribution in [2.24, 2.45) is 4.99 Å². The summed E-state index contributed by atoms with van der Waals surface area (Å²) in [5.74, 6) is 0.593. The highest BCUT2D eigenvalue weighted by molar-refractivity contribution is 14.0. The number of pyridine rings is 1. The number of para-hydroxylation sites is 1. The third kappa shape index (κ3) is 7.79. The van der Waals surface area contributed by atoms with Crippen molar-refractivity contribution >= 4 is 41.4 Å². The van der Waals surface area contributed by atoms with E-state index < -0.39 is 11.6 Å².